The Labute approximate surface area is 124 Å². The number of halogens is 2. The van der Waals surface area contributed by atoms with Crippen LogP contribution in [0.2, 0.25) is 5.02 Å². The van der Waals surface area contributed by atoms with Gasteiger partial charge in [-0.25, -0.2) is 8.42 Å². The van der Waals surface area contributed by atoms with Crippen LogP contribution in [-0.4, -0.2) is 18.6 Å². The molecule has 2 aromatic rings. The van der Waals surface area contributed by atoms with Crippen LogP contribution in [0.3, 0.4) is 0 Å². The van der Waals surface area contributed by atoms with E-state index in [0.717, 1.165) is 0 Å². The van der Waals surface area contributed by atoms with E-state index in [9.17, 15) is 8.42 Å². The highest BCUT2D eigenvalue weighted by molar-refractivity contribution is 9.10. The first-order chi connectivity index (χ1) is 8.81. The van der Waals surface area contributed by atoms with E-state index in [-0.39, 0.29) is 4.90 Å². The van der Waals surface area contributed by atoms with E-state index >= 15 is 0 Å². The fourth-order valence-corrected chi connectivity index (χ4v) is 3.39. The topological polar surface area (TPSA) is 74.8 Å². The molecule has 1 aromatic heterocycles. The number of aryl methyl sites for hydroxylation is 2. The fraction of sp³-hybridized carbons (Fsp3) is 0.182. The summed E-state index contributed by atoms with van der Waals surface area (Å²) < 4.78 is 27.5. The molecular weight excluding hydrogens is 354 g/mol. The Hall–Kier alpha value is -1.05. The number of aromatic nitrogens is 2. The molecule has 0 amide bonds. The number of nitrogens with zero attached hydrogens (tertiary/aromatic N) is 1. The van der Waals surface area contributed by atoms with E-state index in [1.54, 1.807) is 13.8 Å². The molecule has 1 aromatic carbocycles. The smallest absolute Gasteiger partial charge is 0.262 e. The van der Waals surface area contributed by atoms with E-state index in [0.29, 0.717) is 26.6 Å². The lowest BCUT2D eigenvalue weighted by Gasteiger charge is -2.09. The summed E-state index contributed by atoms with van der Waals surface area (Å²) in [5, 5.41) is 7.12. The maximum atomic E-state index is 12.3. The second-order valence-electron chi connectivity index (χ2n) is 3.99. The molecule has 2 N–H and O–H groups in total. The quantitative estimate of drug-likeness (QED) is 0.878. The second-order valence-corrected chi connectivity index (χ2v) is 6.93. The summed E-state index contributed by atoms with van der Waals surface area (Å²) in [7, 11) is -3.67. The third kappa shape index (κ3) is 2.93. The van der Waals surface area contributed by atoms with E-state index < -0.39 is 10.0 Å². The molecule has 5 nitrogen and oxygen atoms in total. The van der Waals surface area contributed by atoms with Gasteiger partial charge in [0.25, 0.3) is 10.0 Å². The number of hydrogen-bond donors (Lipinski definition) is 2. The summed E-state index contributed by atoms with van der Waals surface area (Å²) in [6.45, 7) is 3.47. The zero-order chi connectivity index (χ0) is 14.2. The van der Waals surface area contributed by atoms with Crippen molar-refractivity contribution in [2.75, 3.05) is 4.72 Å². The van der Waals surface area contributed by atoms with Crippen molar-refractivity contribution in [3.63, 3.8) is 0 Å². The van der Waals surface area contributed by atoms with Crippen LogP contribution in [0.25, 0.3) is 0 Å². The van der Waals surface area contributed by atoms with Crippen molar-refractivity contribution in [1.29, 1.82) is 0 Å². The lowest BCUT2D eigenvalue weighted by Crippen LogP contribution is -2.14. The highest BCUT2D eigenvalue weighted by Gasteiger charge is 2.18. The summed E-state index contributed by atoms with van der Waals surface area (Å²) in [6.07, 6.45) is 0. The Balaban J connectivity index is 2.41. The Morgan fingerprint density at radius 3 is 2.58 bits per heavy atom. The van der Waals surface area contributed by atoms with Gasteiger partial charge in [0.05, 0.1) is 27.0 Å². The van der Waals surface area contributed by atoms with Crippen LogP contribution in [0.15, 0.2) is 27.6 Å². The summed E-state index contributed by atoms with van der Waals surface area (Å²) in [6, 6.07) is 4.42. The van der Waals surface area contributed by atoms with Crippen LogP contribution in [0.5, 0.6) is 0 Å². The zero-order valence-electron chi connectivity index (χ0n) is 10.2. The molecule has 0 bridgehead atoms. The highest BCUT2D eigenvalue weighted by Crippen LogP contribution is 2.27. The molecule has 0 spiro atoms. The molecule has 0 unspecified atom stereocenters. The summed E-state index contributed by atoms with van der Waals surface area (Å²) in [5.41, 5.74) is 1.72. The van der Waals surface area contributed by atoms with Gasteiger partial charge in [0, 0.05) is 4.47 Å². The minimum absolute atomic E-state index is 0.128. The van der Waals surface area contributed by atoms with E-state index in [2.05, 4.69) is 30.8 Å². The van der Waals surface area contributed by atoms with Gasteiger partial charge in [-0.05, 0) is 48.0 Å². The standard InChI is InChI=1S/C11H11BrClN3O2S/c1-6-11(7(2)15-14-6)16-19(17,18)8-3-4-10(13)9(12)5-8/h3-5,16H,1-2H3,(H,14,15). The van der Waals surface area contributed by atoms with Crippen LogP contribution >= 0.6 is 27.5 Å². The maximum absolute atomic E-state index is 12.3. The summed E-state index contributed by atoms with van der Waals surface area (Å²) in [5.74, 6) is 0. The first-order valence-electron chi connectivity index (χ1n) is 5.30. The number of aromatic amines is 1. The minimum atomic E-state index is -3.67. The molecule has 1 heterocycles. The van der Waals surface area contributed by atoms with Crippen LogP contribution in [0, 0.1) is 13.8 Å². The van der Waals surface area contributed by atoms with Crippen LogP contribution in [0.4, 0.5) is 5.69 Å². The first kappa shape index (κ1) is 14.4. The Kier molecular flexibility index (Phi) is 3.89. The lowest BCUT2D eigenvalue weighted by molar-refractivity contribution is 0.601. The Morgan fingerprint density at radius 2 is 2.05 bits per heavy atom. The molecule has 0 radical (unpaired) electrons. The van der Waals surface area contributed by atoms with Gasteiger partial charge in [-0.1, -0.05) is 11.6 Å². The van der Waals surface area contributed by atoms with Crippen molar-refractivity contribution >= 4 is 43.2 Å². The monoisotopic (exact) mass is 363 g/mol. The van der Waals surface area contributed by atoms with Gasteiger partial charge < -0.3 is 0 Å². The number of sulfonamides is 1. The average Bonchev–Trinajstić information content (AvgIpc) is 2.64. The summed E-state index contributed by atoms with van der Waals surface area (Å²) >= 11 is 9.05. The number of H-pyrrole nitrogens is 1. The average molecular weight is 365 g/mol. The predicted molar refractivity (Wildman–Crippen MR) is 78.0 cm³/mol. The largest absolute Gasteiger partial charge is 0.280 e. The van der Waals surface area contributed by atoms with Crippen LogP contribution in [-0.2, 0) is 10.0 Å². The number of anilines is 1. The van der Waals surface area contributed by atoms with E-state index in [1.807, 2.05) is 0 Å². The normalized spacial score (nSPS) is 11.6. The maximum Gasteiger partial charge on any atom is 0.262 e. The molecule has 102 valence electrons. The van der Waals surface area contributed by atoms with Crippen molar-refractivity contribution in [2.24, 2.45) is 0 Å². The fourth-order valence-electron chi connectivity index (χ4n) is 1.54. The molecule has 0 fully saturated rings. The van der Waals surface area contributed by atoms with Crippen LogP contribution < -0.4 is 4.72 Å². The van der Waals surface area contributed by atoms with Gasteiger partial charge in [-0.2, -0.15) is 5.10 Å². The molecule has 0 aliphatic carbocycles. The van der Waals surface area contributed by atoms with Crippen molar-refractivity contribution in [3.8, 4) is 0 Å². The van der Waals surface area contributed by atoms with Crippen molar-refractivity contribution in [3.05, 3.63) is 39.1 Å². The number of benzene rings is 1. The van der Waals surface area contributed by atoms with Gasteiger partial charge in [-0.15, -0.1) is 0 Å². The molecule has 0 saturated carbocycles. The zero-order valence-corrected chi connectivity index (χ0v) is 13.3. The second kappa shape index (κ2) is 5.15. The SMILES string of the molecule is Cc1n[nH]c(C)c1NS(=O)(=O)c1ccc(Cl)c(Br)c1. The van der Waals surface area contributed by atoms with Gasteiger partial charge in [0.1, 0.15) is 0 Å². The molecule has 0 aliphatic heterocycles. The molecule has 2 rings (SSSR count). The third-order valence-electron chi connectivity index (χ3n) is 2.57. The number of hydrogen-bond acceptors (Lipinski definition) is 3. The van der Waals surface area contributed by atoms with E-state index in [4.69, 9.17) is 11.6 Å². The van der Waals surface area contributed by atoms with Gasteiger partial charge >= 0.3 is 0 Å². The lowest BCUT2D eigenvalue weighted by atomic mass is 10.3. The van der Waals surface area contributed by atoms with Crippen molar-refractivity contribution < 1.29 is 8.42 Å². The minimum Gasteiger partial charge on any atom is -0.280 e. The van der Waals surface area contributed by atoms with Gasteiger partial charge in [0.2, 0.25) is 0 Å². The van der Waals surface area contributed by atoms with Crippen molar-refractivity contribution in [1.82, 2.24) is 10.2 Å². The number of nitrogens with one attached hydrogen (secondary N) is 2. The highest BCUT2D eigenvalue weighted by atomic mass is 79.9. The third-order valence-corrected chi connectivity index (χ3v) is 5.13. The van der Waals surface area contributed by atoms with Crippen molar-refractivity contribution in [2.45, 2.75) is 18.7 Å². The summed E-state index contributed by atoms with van der Waals surface area (Å²) in [4.78, 5) is 0.128. The van der Waals surface area contributed by atoms with Gasteiger partial charge in [0.15, 0.2) is 0 Å². The predicted octanol–water partition coefficient (Wildman–Crippen LogP) is 3.24. The number of rotatable bonds is 3. The molecule has 0 atom stereocenters. The Morgan fingerprint density at radius 1 is 1.37 bits per heavy atom. The van der Waals surface area contributed by atoms with Gasteiger partial charge in [-0.3, -0.25) is 9.82 Å². The molecule has 0 saturated heterocycles. The molecule has 19 heavy (non-hydrogen) atoms. The molecular formula is C11H11BrClN3O2S. The Bertz CT molecular complexity index is 708. The first-order valence-corrected chi connectivity index (χ1v) is 7.96. The molecule has 8 heteroatoms. The molecule has 0 aliphatic rings. The van der Waals surface area contributed by atoms with E-state index in [1.165, 1.54) is 18.2 Å². The van der Waals surface area contributed by atoms with Crippen LogP contribution in [0.1, 0.15) is 11.4 Å².